The molecule has 1 spiro atoms. The van der Waals surface area contributed by atoms with Gasteiger partial charge in [-0.25, -0.2) is 4.79 Å². The Hall–Kier alpha value is -1.50. The summed E-state index contributed by atoms with van der Waals surface area (Å²) in [5.74, 6) is 0.345. The molecule has 3 aliphatic rings. The molecule has 2 aliphatic heterocycles. The maximum atomic E-state index is 13.4. The van der Waals surface area contributed by atoms with Gasteiger partial charge in [-0.1, -0.05) is 0 Å². The van der Waals surface area contributed by atoms with Gasteiger partial charge in [0.15, 0.2) is 0 Å². The maximum Gasteiger partial charge on any atom is 0.317 e. The molecule has 4 amide bonds. The number of hydrogen-bond acceptors (Lipinski definition) is 3. The van der Waals surface area contributed by atoms with Gasteiger partial charge in [0.05, 0.1) is 6.54 Å². The monoisotopic (exact) mass is 398 g/mol. The lowest BCUT2D eigenvalue weighted by Crippen LogP contribution is -2.70. The summed E-state index contributed by atoms with van der Waals surface area (Å²) in [4.78, 5) is 43.8. The minimum absolute atomic E-state index is 0.00458. The predicted octanol–water partition coefficient (Wildman–Crippen LogP) is 1.65. The fraction of sp³-hybridized carbons (Fsp3) is 0.842. The molecule has 7 nitrogen and oxygen atoms in total. The van der Waals surface area contributed by atoms with Crippen LogP contribution < -0.4 is 5.32 Å². The summed E-state index contributed by atoms with van der Waals surface area (Å²) in [7, 11) is 1.59. The summed E-state index contributed by atoms with van der Waals surface area (Å²) >= 11 is 6.23. The lowest BCUT2D eigenvalue weighted by atomic mass is 9.84. The number of carbonyl (C=O) groups excluding carboxylic acids is 3. The van der Waals surface area contributed by atoms with Crippen LogP contribution in [0.15, 0.2) is 0 Å². The van der Waals surface area contributed by atoms with Crippen LogP contribution in [0.3, 0.4) is 0 Å². The van der Waals surface area contributed by atoms with Crippen LogP contribution in [0.1, 0.15) is 46.0 Å². The van der Waals surface area contributed by atoms with Gasteiger partial charge in [-0.05, 0) is 51.9 Å². The minimum Gasteiger partial charge on any atom is -0.341 e. The largest absolute Gasteiger partial charge is 0.341 e. The third kappa shape index (κ3) is 3.75. The third-order valence-corrected chi connectivity index (χ3v) is 6.81. The molecule has 2 saturated heterocycles. The molecular weight excluding hydrogens is 368 g/mol. The van der Waals surface area contributed by atoms with E-state index < -0.39 is 5.54 Å². The zero-order valence-electron chi connectivity index (χ0n) is 16.5. The van der Waals surface area contributed by atoms with Crippen LogP contribution in [0.25, 0.3) is 0 Å². The zero-order chi connectivity index (χ0) is 19.8. The Kier molecular flexibility index (Phi) is 5.89. The van der Waals surface area contributed by atoms with Gasteiger partial charge in [0, 0.05) is 31.6 Å². The second kappa shape index (κ2) is 7.86. The highest BCUT2D eigenvalue weighted by atomic mass is 35.5. The summed E-state index contributed by atoms with van der Waals surface area (Å²) in [6.07, 6.45) is 4.37. The van der Waals surface area contributed by atoms with Crippen LogP contribution in [0, 0.1) is 5.92 Å². The first-order chi connectivity index (χ1) is 12.8. The Morgan fingerprint density at radius 2 is 1.93 bits per heavy atom. The molecule has 2 heterocycles. The SMILES string of the molecule is CNC(=O)N1CCC2(C1)C(=O)N(C(C)C)CC(=O)N2CC1CCC(Cl)CC1. The van der Waals surface area contributed by atoms with E-state index >= 15 is 0 Å². The fourth-order valence-electron chi connectivity index (χ4n) is 4.70. The van der Waals surface area contributed by atoms with E-state index in [9.17, 15) is 14.4 Å². The molecule has 0 aromatic carbocycles. The van der Waals surface area contributed by atoms with Crippen molar-refractivity contribution in [2.24, 2.45) is 5.92 Å². The number of halogens is 1. The van der Waals surface area contributed by atoms with Crippen LogP contribution in [-0.4, -0.2) is 82.7 Å². The maximum absolute atomic E-state index is 13.4. The van der Waals surface area contributed by atoms with Gasteiger partial charge in [0.2, 0.25) is 5.91 Å². The Labute approximate surface area is 166 Å². The van der Waals surface area contributed by atoms with Crippen molar-refractivity contribution in [3.63, 3.8) is 0 Å². The van der Waals surface area contributed by atoms with Crippen molar-refractivity contribution >= 4 is 29.4 Å². The predicted molar refractivity (Wildman–Crippen MR) is 104 cm³/mol. The highest BCUT2D eigenvalue weighted by Gasteiger charge is 2.57. The van der Waals surface area contributed by atoms with Crippen molar-refractivity contribution in [1.82, 2.24) is 20.0 Å². The molecule has 3 rings (SSSR count). The van der Waals surface area contributed by atoms with Crippen molar-refractivity contribution < 1.29 is 14.4 Å². The highest BCUT2D eigenvalue weighted by molar-refractivity contribution is 6.20. The summed E-state index contributed by atoms with van der Waals surface area (Å²) in [6.45, 7) is 5.33. The van der Waals surface area contributed by atoms with E-state index in [1.165, 1.54) is 0 Å². The lowest BCUT2D eigenvalue weighted by molar-refractivity contribution is -0.167. The first kappa shape index (κ1) is 20.2. The number of piperazine rings is 1. The number of hydrogen-bond donors (Lipinski definition) is 1. The first-order valence-electron chi connectivity index (χ1n) is 10.0. The second-order valence-electron chi connectivity index (χ2n) is 8.41. The molecular formula is C19H31ClN4O3. The molecule has 152 valence electrons. The van der Waals surface area contributed by atoms with Gasteiger partial charge >= 0.3 is 6.03 Å². The third-order valence-electron chi connectivity index (χ3n) is 6.37. The van der Waals surface area contributed by atoms with Crippen LogP contribution in [0.4, 0.5) is 4.79 Å². The molecule has 27 heavy (non-hydrogen) atoms. The van der Waals surface area contributed by atoms with E-state index in [0.29, 0.717) is 25.4 Å². The summed E-state index contributed by atoms with van der Waals surface area (Å²) in [5.41, 5.74) is -0.927. The van der Waals surface area contributed by atoms with Crippen molar-refractivity contribution in [3.8, 4) is 0 Å². The number of carbonyl (C=O) groups is 3. The summed E-state index contributed by atoms with van der Waals surface area (Å²) in [5, 5.41) is 2.86. The van der Waals surface area contributed by atoms with E-state index in [0.717, 1.165) is 25.7 Å². The lowest BCUT2D eigenvalue weighted by Gasteiger charge is -2.49. The van der Waals surface area contributed by atoms with E-state index in [1.54, 1.807) is 21.7 Å². The fourth-order valence-corrected chi connectivity index (χ4v) is 4.95. The molecule has 0 aromatic heterocycles. The molecule has 8 heteroatoms. The van der Waals surface area contributed by atoms with Crippen LogP contribution in [0.2, 0.25) is 0 Å². The van der Waals surface area contributed by atoms with Crippen molar-refractivity contribution in [2.75, 3.05) is 33.2 Å². The van der Waals surface area contributed by atoms with E-state index in [2.05, 4.69) is 5.32 Å². The van der Waals surface area contributed by atoms with E-state index in [4.69, 9.17) is 11.6 Å². The van der Waals surface area contributed by atoms with Crippen LogP contribution in [0.5, 0.6) is 0 Å². The number of likely N-dealkylation sites (tertiary alicyclic amines) is 1. The summed E-state index contributed by atoms with van der Waals surface area (Å²) < 4.78 is 0. The number of amides is 4. The van der Waals surface area contributed by atoms with Gasteiger partial charge in [0.25, 0.3) is 5.91 Å². The van der Waals surface area contributed by atoms with Gasteiger partial charge in [-0.15, -0.1) is 11.6 Å². The van der Waals surface area contributed by atoms with E-state index in [-0.39, 0.29) is 42.4 Å². The Bertz CT molecular complexity index is 606. The number of nitrogens with one attached hydrogen (secondary N) is 1. The number of nitrogens with zero attached hydrogens (tertiary/aromatic N) is 3. The molecule has 0 radical (unpaired) electrons. The van der Waals surface area contributed by atoms with Gasteiger partial charge in [-0.3, -0.25) is 9.59 Å². The summed E-state index contributed by atoms with van der Waals surface area (Å²) in [6, 6.07) is -0.238. The van der Waals surface area contributed by atoms with Gasteiger partial charge in [-0.2, -0.15) is 0 Å². The number of rotatable bonds is 3. The standard InChI is InChI=1S/C19H31ClN4O3/c1-13(2)23-11-16(25)24(10-14-4-6-15(20)7-5-14)19(17(23)26)8-9-22(12-19)18(27)21-3/h13-15H,4-12H2,1-3H3,(H,21,27). The molecule has 0 aromatic rings. The molecule has 1 atom stereocenters. The number of alkyl halides is 1. The Balaban J connectivity index is 1.86. The second-order valence-corrected chi connectivity index (χ2v) is 9.02. The normalized spacial score (nSPS) is 32.0. The zero-order valence-corrected chi connectivity index (χ0v) is 17.3. The smallest absolute Gasteiger partial charge is 0.317 e. The molecule has 1 saturated carbocycles. The van der Waals surface area contributed by atoms with Crippen LogP contribution in [-0.2, 0) is 9.59 Å². The molecule has 0 bridgehead atoms. The molecule has 1 aliphatic carbocycles. The first-order valence-corrected chi connectivity index (χ1v) is 10.4. The quantitative estimate of drug-likeness (QED) is 0.734. The molecule has 1 N–H and O–H groups in total. The minimum atomic E-state index is -0.927. The number of urea groups is 1. The molecule has 1 unspecified atom stereocenters. The average molecular weight is 399 g/mol. The van der Waals surface area contributed by atoms with Crippen molar-refractivity contribution in [1.29, 1.82) is 0 Å². The van der Waals surface area contributed by atoms with Gasteiger partial charge in [0.1, 0.15) is 12.1 Å². The average Bonchev–Trinajstić information content (AvgIpc) is 3.09. The topological polar surface area (TPSA) is 73.0 Å². The Morgan fingerprint density at radius 1 is 1.26 bits per heavy atom. The van der Waals surface area contributed by atoms with E-state index in [1.807, 2.05) is 13.8 Å². The van der Waals surface area contributed by atoms with Crippen molar-refractivity contribution in [2.45, 2.75) is 62.9 Å². The van der Waals surface area contributed by atoms with Crippen molar-refractivity contribution in [3.05, 3.63) is 0 Å². The highest BCUT2D eigenvalue weighted by Crippen LogP contribution is 2.37. The Morgan fingerprint density at radius 3 is 2.52 bits per heavy atom. The van der Waals surface area contributed by atoms with Gasteiger partial charge < -0.3 is 20.0 Å². The molecule has 3 fully saturated rings. The van der Waals surface area contributed by atoms with Crippen LogP contribution >= 0.6 is 11.6 Å².